The molecule has 3 nitrogen and oxygen atoms in total. The topological polar surface area (TPSA) is 24.5 Å². The molecule has 0 aromatic heterocycles. The number of benzene rings is 1. The van der Waals surface area contributed by atoms with E-state index in [1.165, 1.54) is 5.56 Å². The molecule has 1 aromatic rings. The van der Waals surface area contributed by atoms with E-state index in [0.29, 0.717) is 6.04 Å². The first-order chi connectivity index (χ1) is 11.0. The maximum Gasteiger partial charge on any atom is 0.390 e. The molecule has 1 saturated heterocycles. The number of hydrogen-bond donors (Lipinski definition) is 1. The van der Waals surface area contributed by atoms with Crippen LogP contribution < -0.4 is 10.1 Å². The Bertz CT molecular complexity index is 488. The van der Waals surface area contributed by atoms with Gasteiger partial charge in [-0.2, -0.15) is 13.2 Å². The van der Waals surface area contributed by atoms with E-state index in [4.69, 9.17) is 4.74 Å². The van der Waals surface area contributed by atoms with Crippen molar-refractivity contribution >= 4 is 0 Å². The lowest BCUT2D eigenvalue weighted by Crippen LogP contribution is -2.45. The minimum atomic E-state index is -4.05. The number of halogens is 3. The van der Waals surface area contributed by atoms with E-state index in [1.807, 2.05) is 23.1 Å². The number of piperidine rings is 1. The fourth-order valence-corrected chi connectivity index (χ4v) is 3.31. The third-order valence-corrected chi connectivity index (χ3v) is 4.65. The predicted molar refractivity (Wildman–Crippen MR) is 82.7 cm³/mol. The molecule has 0 bridgehead atoms. The van der Waals surface area contributed by atoms with Crippen LogP contribution in [0.15, 0.2) is 24.3 Å². The first kappa shape index (κ1) is 16.6. The molecule has 3 rings (SSSR count). The molecule has 0 amide bonds. The second-order valence-electron chi connectivity index (χ2n) is 6.44. The summed E-state index contributed by atoms with van der Waals surface area (Å²) in [5, 5.41) is 3.52. The van der Waals surface area contributed by atoms with Gasteiger partial charge in [0.25, 0.3) is 0 Å². The van der Waals surface area contributed by atoms with Crippen LogP contribution in [0.5, 0.6) is 5.75 Å². The van der Waals surface area contributed by atoms with Crippen LogP contribution in [0.1, 0.15) is 24.8 Å². The summed E-state index contributed by atoms with van der Waals surface area (Å²) in [6.07, 6.45) is -1.87. The van der Waals surface area contributed by atoms with Crippen LogP contribution in [0.2, 0.25) is 0 Å². The van der Waals surface area contributed by atoms with Gasteiger partial charge in [0, 0.05) is 25.6 Å². The quantitative estimate of drug-likeness (QED) is 0.899. The van der Waals surface area contributed by atoms with Crippen LogP contribution in [0, 0.1) is 0 Å². The number of alkyl halides is 3. The minimum absolute atomic E-state index is 0.122. The molecule has 0 aliphatic carbocycles. The number of ether oxygens (including phenoxy) is 1. The Morgan fingerprint density at radius 2 is 1.91 bits per heavy atom. The molecule has 1 N–H and O–H groups in total. The van der Waals surface area contributed by atoms with Gasteiger partial charge >= 0.3 is 6.18 Å². The molecule has 2 aliphatic rings. The molecule has 1 fully saturated rings. The highest BCUT2D eigenvalue weighted by molar-refractivity contribution is 5.37. The van der Waals surface area contributed by atoms with E-state index < -0.39 is 12.6 Å². The highest BCUT2D eigenvalue weighted by Crippen LogP contribution is 2.28. The van der Waals surface area contributed by atoms with Gasteiger partial charge in [-0.3, -0.25) is 0 Å². The standard InChI is InChI=1S/C17H23F3N2O/c18-17(19,20)7-10-22-8-5-14(6-9-22)21-12-15-11-13-3-1-2-4-16(13)23-15/h1-4,14-15,21H,5-12H2/t15-/m0/s1. The molecule has 23 heavy (non-hydrogen) atoms. The van der Waals surface area contributed by atoms with Crippen molar-refractivity contribution in [2.75, 3.05) is 26.2 Å². The van der Waals surface area contributed by atoms with Gasteiger partial charge in [-0.05, 0) is 37.6 Å². The van der Waals surface area contributed by atoms with Gasteiger partial charge in [0.2, 0.25) is 0 Å². The Kier molecular flexibility index (Phi) is 5.11. The number of fused-ring (bicyclic) bond motifs is 1. The van der Waals surface area contributed by atoms with E-state index in [-0.39, 0.29) is 12.6 Å². The summed E-state index contributed by atoms with van der Waals surface area (Å²) in [6, 6.07) is 8.47. The van der Waals surface area contributed by atoms with Gasteiger partial charge in [0.15, 0.2) is 0 Å². The number of hydrogen-bond acceptors (Lipinski definition) is 3. The lowest BCUT2D eigenvalue weighted by Gasteiger charge is -2.33. The molecule has 0 spiro atoms. The molecule has 1 aromatic carbocycles. The average Bonchev–Trinajstić information content (AvgIpc) is 2.94. The lowest BCUT2D eigenvalue weighted by molar-refractivity contribution is -0.138. The van der Waals surface area contributed by atoms with E-state index in [0.717, 1.165) is 44.6 Å². The van der Waals surface area contributed by atoms with Crippen molar-refractivity contribution in [2.45, 2.75) is 44.0 Å². The van der Waals surface area contributed by atoms with Crippen molar-refractivity contribution in [3.63, 3.8) is 0 Å². The average molecular weight is 328 g/mol. The van der Waals surface area contributed by atoms with Crippen LogP contribution in [0.4, 0.5) is 13.2 Å². The third-order valence-electron chi connectivity index (χ3n) is 4.65. The highest BCUT2D eigenvalue weighted by atomic mass is 19.4. The molecule has 1 atom stereocenters. The summed E-state index contributed by atoms with van der Waals surface area (Å²) >= 11 is 0. The van der Waals surface area contributed by atoms with Crippen molar-refractivity contribution in [1.82, 2.24) is 10.2 Å². The number of para-hydroxylation sites is 1. The first-order valence-corrected chi connectivity index (χ1v) is 8.27. The summed E-state index contributed by atoms with van der Waals surface area (Å²) < 4.78 is 42.6. The molecule has 0 saturated carbocycles. The Balaban J connectivity index is 1.34. The normalized spacial score (nSPS) is 22.8. The van der Waals surface area contributed by atoms with Crippen molar-refractivity contribution in [2.24, 2.45) is 0 Å². The molecule has 0 unspecified atom stereocenters. The zero-order chi connectivity index (χ0) is 16.3. The Morgan fingerprint density at radius 3 is 2.61 bits per heavy atom. The molecular weight excluding hydrogens is 305 g/mol. The van der Waals surface area contributed by atoms with Crippen LogP contribution in [-0.2, 0) is 6.42 Å². The summed E-state index contributed by atoms with van der Waals surface area (Å²) in [5.41, 5.74) is 1.25. The number of rotatable bonds is 5. The summed E-state index contributed by atoms with van der Waals surface area (Å²) in [5.74, 6) is 0.973. The van der Waals surface area contributed by atoms with Crippen LogP contribution >= 0.6 is 0 Å². The molecule has 0 radical (unpaired) electrons. The van der Waals surface area contributed by atoms with Gasteiger partial charge in [-0.25, -0.2) is 0 Å². The second-order valence-corrected chi connectivity index (χ2v) is 6.44. The smallest absolute Gasteiger partial charge is 0.390 e. The summed E-state index contributed by atoms with van der Waals surface area (Å²) in [6.45, 7) is 2.39. The van der Waals surface area contributed by atoms with Crippen molar-refractivity contribution in [3.8, 4) is 5.75 Å². The Labute approximate surface area is 134 Å². The fourth-order valence-electron chi connectivity index (χ4n) is 3.31. The number of nitrogens with zero attached hydrogens (tertiary/aromatic N) is 1. The van der Waals surface area contributed by atoms with Gasteiger partial charge in [0.1, 0.15) is 11.9 Å². The largest absolute Gasteiger partial charge is 0.488 e. The summed E-state index contributed by atoms with van der Waals surface area (Å²) in [7, 11) is 0. The second kappa shape index (κ2) is 7.09. The van der Waals surface area contributed by atoms with Gasteiger partial charge in [0.05, 0.1) is 6.42 Å². The van der Waals surface area contributed by atoms with Crippen LogP contribution in [0.25, 0.3) is 0 Å². The van der Waals surface area contributed by atoms with E-state index in [1.54, 1.807) is 0 Å². The molecule has 6 heteroatoms. The predicted octanol–water partition coefficient (Wildman–Crippen LogP) is 3.00. The van der Waals surface area contributed by atoms with Gasteiger partial charge in [-0.15, -0.1) is 0 Å². The van der Waals surface area contributed by atoms with E-state index in [9.17, 15) is 13.2 Å². The lowest BCUT2D eigenvalue weighted by atomic mass is 10.0. The Hall–Kier alpha value is -1.27. The maximum absolute atomic E-state index is 12.2. The van der Waals surface area contributed by atoms with Crippen LogP contribution in [0.3, 0.4) is 0 Å². The summed E-state index contributed by atoms with van der Waals surface area (Å²) in [4.78, 5) is 1.91. The zero-order valence-corrected chi connectivity index (χ0v) is 13.1. The SMILES string of the molecule is FC(F)(F)CCN1CCC(NC[C@@H]2Cc3ccccc3O2)CC1. The van der Waals surface area contributed by atoms with Crippen molar-refractivity contribution < 1.29 is 17.9 Å². The van der Waals surface area contributed by atoms with Gasteiger partial charge in [-0.1, -0.05) is 18.2 Å². The van der Waals surface area contributed by atoms with Crippen molar-refractivity contribution in [1.29, 1.82) is 0 Å². The van der Waals surface area contributed by atoms with Gasteiger partial charge < -0.3 is 15.0 Å². The molecule has 128 valence electrons. The molecular formula is C17H23F3N2O. The zero-order valence-electron chi connectivity index (χ0n) is 13.1. The molecule has 2 aliphatic heterocycles. The number of likely N-dealkylation sites (tertiary alicyclic amines) is 1. The third kappa shape index (κ3) is 4.85. The monoisotopic (exact) mass is 328 g/mol. The van der Waals surface area contributed by atoms with E-state index in [2.05, 4.69) is 11.4 Å². The maximum atomic E-state index is 12.2. The number of nitrogens with one attached hydrogen (secondary N) is 1. The highest BCUT2D eigenvalue weighted by Gasteiger charge is 2.29. The fraction of sp³-hybridized carbons (Fsp3) is 0.647. The minimum Gasteiger partial charge on any atom is -0.488 e. The molecule has 2 heterocycles. The first-order valence-electron chi connectivity index (χ1n) is 8.27. The Morgan fingerprint density at radius 1 is 1.17 bits per heavy atom. The van der Waals surface area contributed by atoms with Crippen LogP contribution in [-0.4, -0.2) is 49.4 Å². The van der Waals surface area contributed by atoms with Crippen molar-refractivity contribution in [3.05, 3.63) is 29.8 Å². The van der Waals surface area contributed by atoms with E-state index >= 15 is 0 Å².